The number of pyridine rings is 2. The summed E-state index contributed by atoms with van der Waals surface area (Å²) in [7, 11) is 0. The van der Waals surface area contributed by atoms with Gasteiger partial charge in [-0.15, -0.1) is 0 Å². The molecule has 13 heteroatoms. The van der Waals surface area contributed by atoms with Crippen LogP contribution in [0.15, 0.2) is 41.5 Å². The molecule has 5 rings (SSSR count). The molecule has 44 heavy (non-hydrogen) atoms. The minimum atomic E-state index is -0.909. The van der Waals surface area contributed by atoms with E-state index in [1.165, 1.54) is 0 Å². The molecule has 0 aromatic carbocycles. The van der Waals surface area contributed by atoms with Crippen LogP contribution in [-0.2, 0) is 16.1 Å². The molecule has 4 N–H and O–H groups in total. The summed E-state index contributed by atoms with van der Waals surface area (Å²) in [6.07, 6.45) is 7.92. The molecular formula is C31H38ClFN8O3. The molecule has 1 aliphatic carbocycles. The van der Waals surface area contributed by atoms with Gasteiger partial charge in [-0.05, 0) is 63.6 Å². The standard InChI is InChI=1S/C31H38ClFN8O3/c1-20(16-44-17-29-36-15-25(33)30(42)41-29)38-21-5-7-22(8-6-21)39-28-13-23(24(32)14-35-28)26-3-2-4-27(40-26)37-19-31(18-34)9-11-43-12-10-31/h2-4,13-15,20-22,38H,5-12,16-17,19H2,1H3,(H,35,39)(H,37,40)(H,36,41,42)/t20-,21?,22?/m1/s1. The minimum Gasteiger partial charge on any atom is -0.381 e. The lowest BCUT2D eigenvalue weighted by atomic mass is 9.82. The second-order valence-electron chi connectivity index (χ2n) is 11.6. The van der Waals surface area contributed by atoms with Gasteiger partial charge in [-0.2, -0.15) is 9.65 Å². The van der Waals surface area contributed by atoms with E-state index in [0.717, 1.165) is 49.0 Å². The summed E-state index contributed by atoms with van der Waals surface area (Å²) in [6.45, 7) is 4.31. The Hall–Kier alpha value is -3.63. The minimum absolute atomic E-state index is 0.108. The van der Waals surface area contributed by atoms with Gasteiger partial charge in [0, 0.05) is 49.6 Å². The zero-order valence-corrected chi connectivity index (χ0v) is 25.5. The highest BCUT2D eigenvalue weighted by Crippen LogP contribution is 2.32. The molecule has 1 atom stereocenters. The van der Waals surface area contributed by atoms with Crippen LogP contribution >= 0.6 is 11.6 Å². The molecule has 2 aliphatic rings. The number of nitrogens with one attached hydrogen (secondary N) is 4. The quantitative estimate of drug-likeness (QED) is 0.224. The van der Waals surface area contributed by atoms with Crippen molar-refractivity contribution >= 4 is 23.2 Å². The summed E-state index contributed by atoms with van der Waals surface area (Å²) < 4.78 is 24.2. The Morgan fingerprint density at radius 1 is 1.18 bits per heavy atom. The molecule has 0 unspecified atom stereocenters. The van der Waals surface area contributed by atoms with Crippen LogP contribution in [0.25, 0.3) is 11.3 Å². The number of H-pyrrole nitrogens is 1. The fraction of sp³-hybridized carbons (Fsp3) is 0.516. The first-order valence-electron chi connectivity index (χ1n) is 15.0. The Morgan fingerprint density at radius 3 is 2.70 bits per heavy atom. The van der Waals surface area contributed by atoms with Gasteiger partial charge in [-0.25, -0.2) is 15.0 Å². The van der Waals surface area contributed by atoms with Crippen molar-refractivity contribution in [2.45, 2.75) is 70.2 Å². The molecule has 1 aliphatic heterocycles. The Morgan fingerprint density at radius 2 is 1.95 bits per heavy atom. The molecule has 0 radical (unpaired) electrons. The molecule has 4 heterocycles. The van der Waals surface area contributed by atoms with E-state index >= 15 is 0 Å². The number of halogens is 2. The maximum absolute atomic E-state index is 13.1. The second kappa shape index (κ2) is 14.9. The van der Waals surface area contributed by atoms with E-state index < -0.39 is 16.8 Å². The van der Waals surface area contributed by atoms with Crippen LogP contribution in [0.1, 0.15) is 51.3 Å². The maximum atomic E-state index is 13.1. The fourth-order valence-corrected chi connectivity index (χ4v) is 5.83. The monoisotopic (exact) mass is 624 g/mol. The fourth-order valence-electron chi connectivity index (χ4n) is 5.63. The number of ether oxygens (including phenoxy) is 2. The van der Waals surface area contributed by atoms with E-state index in [4.69, 9.17) is 26.1 Å². The summed E-state index contributed by atoms with van der Waals surface area (Å²) in [4.78, 5) is 26.9. The molecule has 2 fully saturated rings. The number of anilines is 2. The van der Waals surface area contributed by atoms with E-state index in [1.807, 2.05) is 24.3 Å². The average Bonchev–Trinajstić information content (AvgIpc) is 3.04. The van der Waals surface area contributed by atoms with Crippen molar-refractivity contribution < 1.29 is 13.9 Å². The Kier molecular flexibility index (Phi) is 10.8. The van der Waals surface area contributed by atoms with Gasteiger partial charge >= 0.3 is 0 Å². The number of hydrogen-bond donors (Lipinski definition) is 4. The number of nitrogens with zero attached hydrogens (tertiary/aromatic N) is 4. The van der Waals surface area contributed by atoms with Crippen molar-refractivity contribution in [3.8, 4) is 17.3 Å². The number of hydrogen-bond acceptors (Lipinski definition) is 10. The predicted octanol–water partition coefficient (Wildman–Crippen LogP) is 4.67. The highest BCUT2D eigenvalue weighted by Gasteiger charge is 2.32. The van der Waals surface area contributed by atoms with Crippen LogP contribution in [0.3, 0.4) is 0 Å². The summed E-state index contributed by atoms with van der Waals surface area (Å²) in [5.41, 5.74) is 0.273. The number of rotatable bonds is 12. The Labute approximate surface area is 261 Å². The molecule has 0 spiro atoms. The first-order chi connectivity index (χ1) is 21.3. The topological polar surface area (TPSA) is 150 Å². The first kappa shape index (κ1) is 31.8. The van der Waals surface area contributed by atoms with Gasteiger partial charge < -0.3 is 30.4 Å². The van der Waals surface area contributed by atoms with Crippen molar-refractivity contribution in [1.82, 2.24) is 25.3 Å². The lowest BCUT2D eigenvalue weighted by molar-refractivity contribution is 0.0455. The number of aromatic amines is 1. The van der Waals surface area contributed by atoms with Crippen molar-refractivity contribution in [2.75, 3.05) is 37.0 Å². The summed E-state index contributed by atoms with van der Waals surface area (Å²) in [5.74, 6) is 0.835. The molecule has 3 aromatic rings. The zero-order valence-electron chi connectivity index (χ0n) is 24.7. The number of nitriles is 1. The van der Waals surface area contributed by atoms with Gasteiger partial charge in [0.2, 0.25) is 5.82 Å². The largest absolute Gasteiger partial charge is 0.381 e. The molecular weight excluding hydrogens is 587 g/mol. The zero-order chi connectivity index (χ0) is 30.9. The maximum Gasteiger partial charge on any atom is 0.287 e. The van der Waals surface area contributed by atoms with Gasteiger partial charge in [0.15, 0.2) is 0 Å². The smallest absolute Gasteiger partial charge is 0.287 e. The lowest BCUT2D eigenvalue weighted by Crippen LogP contribution is -2.43. The highest BCUT2D eigenvalue weighted by molar-refractivity contribution is 6.33. The van der Waals surface area contributed by atoms with Crippen LogP contribution in [-0.4, -0.2) is 64.4 Å². The van der Waals surface area contributed by atoms with Crippen molar-refractivity contribution in [3.05, 3.63) is 63.7 Å². The van der Waals surface area contributed by atoms with Gasteiger partial charge in [0.1, 0.15) is 24.1 Å². The SMILES string of the molecule is C[C@H](COCc1ncc(F)c(=O)[nH]1)NC1CCC(Nc2cc(-c3cccc(NCC4(C#N)CCOCC4)n3)c(Cl)cn2)CC1. The Balaban J connectivity index is 1.09. The van der Waals surface area contributed by atoms with Crippen molar-refractivity contribution in [3.63, 3.8) is 0 Å². The van der Waals surface area contributed by atoms with Gasteiger partial charge in [-0.1, -0.05) is 17.7 Å². The van der Waals surface area contributed by atoms with Crippen molar-refractivity contribution in [2.24, 2.45) is 5.41 Å². The van der Waals surface area contributed by atoms with E-state index in [9.17, 15) is 14.4 Å². The lowest BCUT2D eigenvalue weighted by Gasteiger charge is -2.32. The molecule has 0 bridgehead atoms. The third-order valence-corrected chi connectivity index (χ3v) is 8.49. The first-order valence-corrected chi connectivity index (χ1v) is 15.4. The Bertz CT molecular complexity index is 1500. The van der Waals surface area contributed by atoms with Crippen LogP contribution in [0.2, 0.25) is 5.02 Å². The van der Waals surface area contributed by atoms with Gasteiger partial charge in [-0.3, -0.25) is 4.79 Å². The van der Waals surface area contributed by atoms with Gasteiger partial charge in [0.05, 0.1) is 35.0 Å². The van der Waals surface area contributed by atoms with E-state index in [-0.39, 0.29) is 18.7 Å². The highest BCUT2D eigenvalue weighted by atomic mass is 35.5. The molecule has 1 saturated carbocycles. The molecule has 1 saturated heterocycles. The molecule has 11 nitrogen and oxygen atoms in total. The van der Waals surface area contributed by atoms with Crippen LogP contribution in [0.5, 0.6) is 0 Å². The third-order valence-electron chi connectivity index (χ3n) is 8.19. The summed E-state index contributed by atoms with van der Waals surface area (Å²) in [5, 5.41) is 20.8. The van der Waals surface area contributed by atoms with Crippen LogP contribution < -0.4 is 21.5 Å². The second-order valence-corrected chi connectivity index (χ2v) is 12.0. The van der Waals surface area contributed by atoms with Gasteiger partial charge in [0.25, 0.3) is 5.56 Å². The normalized spacial score (nSPS) is 20.4. The van der Waals surface area contributed by atoms with Crippen molar-refractivity contribution in [1.29, 1.82) is 5.26 Å². The summed E-state index contributed by atoms with van der Waals surface area (Å²) >= 11 is 6.56. The number of aromatic nitrogens is 4. The molecule has 3 aromatic heterocycles. The average molecular weight is 625 g/mol. The molecule has 0 amide bonds. The van der Waals surface area contributed by atoms with Crippen LogP contribution in [0.4, 0.5) is 16.0 Å². The summed E-state index contributed by atoms with van der Waals surface area (Å²) in [6, 6.07) is 10.9. The van der Waals surface area contributed by atoms with E-state index in [2.05, 4.69) is 43.9 Å². The molecule has 234 valence electrons. The van der Waals surface area contributed by atoms with Crippen LogP contribution in [0, 0.1) is 22.6 Å². The predicted molar refractivity (Wildman–Crippen MR) is 166 cm³/mol. The van der Waals surface area contributed by atoms with E-state index in [1.54, 1.807) is 6.20 Å². The third kappa shape index (κ3) is 8.51. The van der Waals surface area contributed by atoms with E-state index in [0.29, 0.717) is 61.9 Å².